The van der Waals surface area contributed by atoms with Crippen LogP contribution in [0.3, 0.4) is 0 Å². The van der Waals surface area contributed by atoms with Crippen LogP contribution in [0.1, 0.15) is 37.3 Å². The van der Waals surface area contributed by atoms with E-state index >= 15 is 0 Å². The first-order chi connectivity index (χ1) is 9.31. The van der Waals surface area contributed by atoms with Gasteiger partial charge >= 0.3 is 0 Å². The third-order valence-corrected chi connectivity index (χ3v) is 4.92. The number of nitro groups is 1. The molecule has 0 aliphatic rings. The molecule has 1 heterocycles. The molecule has 2 aromatic rings. The number of nitrogens with zero attached hydrogens (tertiary/aromatic N) is 2. The number of benzene rings is 1. The van der Waals surface area contributed by atoms with Gasteiger partial charge in [-0.2, -0.15) is 0 Å². The van der Waals surface area contributed by atoms with E-state index in [2.05, 4.69) is 34.8 Å². The summed E-state index contributed by atoms with van der Waals surface area (Å²) < 4.78 is 0.877. The van der Waals surface area contributed by atoms with Crippen LogP contribution in [0.15, 0.2) is 12.1 Å². The van der Waals surface area contributed by atoms with Crippen molar-refractivity contribution >= 4 is 43.2 Å². The Hall–Kier alpha value is -1.01. The number of halogens is 1. The molecular weight excluding hydrogens is 340 g/mol. The Morgan fingerprint density at radius 1 is 1.35 bits per heavy atom. The molecule has 0 aliphatic carbocycles. The van der Waals surface area contributed by atoms with Gasteiger partial charge < -0.3 is 0 Å². The number of aromatic nitrogens is 1. The molecule has 6 heteroatoms. The second kappa shape index (κ2) is 5.77. The van der Waals surface area contributed by atoms with Gasteiger partial charge in [0.1, 0.15) is 0 Å². The molecule has 0 amide bonds. The fourth-order valence-corrected chi connectivity index (χ4v) is 4.39. The van der Waals surface area contributed by atoms with Crippen LogP contribution in [-0.2, 0) is 0 Å². The lowest BCUT2D eigenvalue weighted by molar-refractivity contribution is -0.385. The van der Waals surface area contributed by atoms with Crippen LogP contribution >= 0.6 is 27.3 Å². The molecule has 2 atom stereocenters. The highest BCUT2D eigenvalue weighted by Gasteiger charge is 2.29. The van der Waals surface area contributed by atoms with E-state index in [9.17, 15) is 10.1 Å². The minimum atomic E-state index is -0.283. The Balaban J connectivity index is 2.70. The quantitative estimate of drug-likeness (QED) is 0.438. The summed E-state index contributed by atoms with van der Waals surface area (Å²) in [6.45, 7) is 8.12. The van der Waals surface area contributed by atoms with Gasteiger partial charge in [0, 0.05) is 22.4 Å². The average Bonchev–Trinajstić information content (AvgIpc) is 2.65. The normalized spacial score (nSPS) is 14.7. The third kappa shape index (κ3) is 2.86. The van der Waals surface area contributed by atoms with Crippen molar-refractivity contribution < 1.29 is 4.92 Å². The van der Waals surface area contributed by atoms with Crippen molar-refractivity contribution in [1.82, 2.24) is 4.98 Å². The molecule has 108 valence electrons. The van der Waals surface area contributed by atoms with Crippen molar-refractivity contribution in [1.29, 1.82) is 0 Å². The summed E-state index contributed by atoms with van der Waals surface area (Å²) in [6, 6.07) is 3.56. The largest absolute Gasteiger partial charge is 0.274 e. The summed E-state index contributed by atoms with van der Waals surface area (Å²) in [6.07, 6.45) is 0. The summed E-state index contributed by atoms with van der Waals surface area (Å²) in [5.74, 6) is 0.391. The molecule has 0 fully saturated rings. The molecule has 0 saturated heterocycles. The van der Waals surface area contributed by atoms with Crippen molar-refractivity contribution in [3.8, 4) is 0 Å². The first-order valence-corrected chi connectivity index (χ1v) is 8.24. The molecule has 2 rings (SSSR count). The predicted molar refractivity (Wildman–Crippen MR) is 87.0 cm³/mol. The maximum Gasteiger partial charge on any atom is 0.274 e. The zero-order valence-electron chi connectivity index (χ0n) is 11.9. The first-order valence-electron chi connectivity index (χ1n) is 6.50. The summed E-state index contributed by atoms with van der Waals surface area (Å²) in [7, 11) is 0. The summed E-state index contributed by atoms with van der Waals surface area (Å²) in [5.41, 5.74) is 1.82. The van der Waals surface area contributed by atoms with Crippen LogP contribution in [0.25, 0.3) is 10.2 Å². The molecule has 0 radical (unpaired) electrons. The predicted octanol–water partition coefficient (Wildman–Crippen LogP) is 5.04. The first kappa shape index (κ1) is 15.4. The van der Waals surface area contributed by atoms with Crippen LogP contribution in [0, 0.1) is 23.0 Å². The highest BCUT2D eigenvalue weighted by Crippen LogP contribution is 2.40. The van der Waals surface area contributed by atoms with Crippen LogP contribution in [0.2, 0.25) is 0 Å². The Morgan fingerprint density at radius 2 is 2.00 bits per heavy atom. The van der Waals surface area contributed by atoms with Gasteiger partial charge in [-0.1, -0.05) is 36.7 Å². The SMILES string of the molecule is Cc1nc2cc(C(C(C)C)C(C)Br)c([N+](=O)[O-])cc2s1. The minimum absolute atomic E-state index is 0.0850. The van der Waals surface area contributed by atoms with E-state index in [-0.39, 0.29) is 21.4 Å². The third-order valence-electron chi connectivity index (χ3n) is 3.41. The van der Waals surface area contributed by atoms with E-state index < -0.39 is 0 Å². The number of alkyl halides is 1. The molecule has 0 N–H and O–H groups in total. The second-order valence-corrected chi connectivity index (χ2v) is 8.00. The highest BCUT2D eigenvalue weighted by molar-refractivity contribution is 9.09. The summed E-state index contributed by atoms with van der Waals surface area (Å²) in [5, 5.41) is 12.3. The maximum atomic E-state index is 11.4. The van der Waals surface area contributed by atoms with Gasteiger partial charge in [0.2, 0.25) is 0 Å². The lowest BCUT2D eigenvalue weighted by Crippen LogP contribution is -2.17. The zero-order chi connectivity index (χ0) is 15.0. The smallest absolute Gasteiger partial charge is 0.258 e. The van der Waals surface area contributed by atoms with E-state index in [1.54, 1.807) is 6.07 Å². The van der Waals surface area contributed by atoms with Crippen molar-refractivity contribution in [3.63, 3.8) is 0 Å². The van der Waals surface area contributed by atoms with Crippen molar-refractivity contribution in [2.75, 3.05) is 0 Å². The molecule has 0 saturated carbocycles. The Kier molecular flexibility index (Phi) is 4.44. The molecule has 4 nitrogen and oxygen atoms in total. The molecule has 1 aromatic heterocycles. The number of aryl methyl sites for hydroxylation is 1. The monoisotopic (exact) mass is 356 g/mol. The topological polar surface area (TPSA) is 56.0 Å². The van der Waals surface area contributed by atoms with Crippen molar-refractivity contribution in [2.45, 2.75) is 38.4 Å². The van der Waals surface area contributed by atoms with Gasteiger partial charge in [0.15, 0.2) is 0 Å². The molecule has 0 spiro atoms. The lowest BCUT2D eigenvalue weighted by Gasteiger charge is -2.23. The number of hydrogen-bond donors (Lipinski definition) is 0. The minimum Gasteiger partial charge on any atom is -0.258 e. The van der Waals surface area contributed by atoms with E-state index in [1.165, 1.54) is 11.3 Å². The molecule has 0 bridgehead atoms. The Bertz CT molecular complexity index is 644. The second-order valence-electron chi connectivity index (χ2n) is 5.32. The van der Waals surface area contributed by atoms with E-state index in [4.69, 9.17) is 0 Å². The Labute approximate surface area is 130 Å². The molecule has 0 aliphatic heterocycles. The van der Waals surface area contributed by atoms with Crippen LogP contribution in [0.5, 0.6) is 0 Å². The van der Waals surface area contributed by atoms with Gasteiger partial charge in [-0.25, -0.2) is 4.98 Å². The van der Waals surface area contributed by atoms with Gasteiger partial charge in [-0.05, 0) is 18.9 Å². The average molecular weight is 357 g/mol. The van der Waals surface area contributed by atoms with Crippen molar-refractivity contribution in [3.05, 3.63) is 32.8 Å². The van der Waals surface area contributed by atoms with E-state index in [1.807, 2.05) is 19.9 Å². The number of rotatable bonds is 4. The van der Waals surface area contributed by atoms with Crippen LogP contribution in [-0.4, -0.2) is 14.7 Å². The maximum absolute atomic E-state index is 11.4. The fourth-order valence-electron chi connectivity index (χ4n) is 2.66. The molecule has 2 unspecified atom stereocenters. The zero-order valence-corrected chi connectivity index (χ0v) is 14.3. The summed E-state index contributed by atoms with van der Waals surface area (Å²) >= 11 is 5.08. The van der Waals surface area contributed by atoms with Crippen LogP contribution < -0.4 is 0 Å². The summed E-state index contributed by atoms with van der Waals surface area (Å²) in [4.78, 5) is 15.7. The van der Waals surface area contributed by atoms with Crippen molar-refractivity contribution in [2.24, 2.45) is 5.92 Å². The fraction of sp³-hybridized carbons (Fsp3) is 0.500. The van der Waals surface area contributed by atoms with Gasteiger partial charge in [0.05, 0.1) is 20.1 Å². The molecular formula is C14H17BrN2O2S. The molecule has 20 heavy (non-hydrogen) atoms. The lowest BCUT2D eigenvalue weighted by atomic mass is 9.85. The number of thiazole rings is 1. The van der Waals surface area contributed by atoms with Gasteiger partial charge in [-0.3, -0.25) is 10.1 Å². The Morgan fingerprint density at radius 3 is 2.50 bits per heavy atom. The molecule has 1 aromatic carbocycles. The van der Waals surface area contributed by atoms with E-state index in [0.29, 0.717) is 5.92 Å². The van der Waals surface area contributed by atoms with Crippen LogP contribution in [0.4, 0.5) is 5.69 Å². The number of nitro benzene ring substituents is 1. The standard InChI is InChI=1S/C14H17BrN2O2S/c1-7(2)14(8(3)15)10-5-11-13(20-9(4)16-11)6-12(10)17(18)19/h5-8,14H,1-4H3. The van der Waals surface area contributed by atoms with Gasteiger partial charge in [0.25, 0.3) is 5.69 Å². The highest BCUT2D eigenvalue weighted by atomic mass is 79.9. The number of hydrogen-bond acceptors (Lipinski definition) is 4. The van der Waals surface area contributed by atoms with E-state index in [0.717, 1.165) is 20.8 Å². The van der Waals surface area contributed by atoms with Gasteiger partial charge in [-0.15, -0.1) is 11.3 Å². The number of fused-ring (bicyclic) bond motifs is 1.